The van der Waals surface area contributed by atoms with Gasteiger partial charge in [-0.3, -0.25) is 15.0 Å². The third-order valence-electron chi connectivity index (χ3n) is 6.25. The fourth-order valence-corrected chi connectivity index (χ4v) is 4.59. The number of carbonyl (C=O) groups excluding carboxylic acids is 1. The third kappa shape index (κ3) is 6.37. The number of ether oxygens (including phenoxy) is 1. The maximum absolute atomic E-state index is 13.2. The van der Waals surface area contributed by atoms with E-state index in [2.05, 4.69) is 15.5 Å². The summed E-state index contributed by atoms with van der Waals surface area (Å²) in [6, 6.07) is 18.0. The Bertz CT molecular complexity index is 1470. The molecule has 0 saturated carbocycles. The number of non-ortho nitro benzene ring substituents is 1. The fourth-order valence-electron chi connectivity index (χ4n) is 4.59. The monoisotopic (exact) mass is 528 g/mol. The Labute approximate surface area is 225 Å². The van der Waals surface area contributed by atoms with Gasteiger partial charge in [-0.05, 0) is 32.0 Å². The molecular formula is C28H28N6O5. The van der Waals surface area contributed by atoms with Crippen LogP contribution in [0.1, 0.15) is 49.0 Å². The van der Waals surface area contributed by atoms with Crippen molar-refractivity contribution in [2.45, 2.75) is 39.3 Å². The summed E-state index contributed by atoms with van der Waals surface area (Å²) in [5, 5.41) is 27.8. The Morgan fingerprint density at radius 3 is 2.67 bits per heavy atom. The summed E-state index contributed by atoms with van der Waals surface area (Å²) in [4.78, 5) is 31.0. The van der Waals surface area contributed by atoms with Gasteiger partial charge in [0.2, 0.25) is 0 Å². The van der Waals surface area contributed by atoms with Crippen molar-refractivity contribution in [3.8, 4) is 6.07 Å². The van der Waals surface area contributed by atoms with Crippen molar-refractivity contribution in [3.63, 3.8) is 0 Å². The smallest absolute Gasteiger partial charge is 0.336 e. The lowest BCUT2D eigenvalue weighted by molar-refractivity contribution is -0.384. The summed E-state index contributed by atoms with van der Waals surface area (Å²) >= 11 is 0. The molecule has 39 heavy (non-hydrogen) atoms. The molecule has 11 heteroatoms. The average molecular weight is 529 g/mol. The topological polar surface area (TPSA) is 147 Å². The highest BCUT2D eigenvalue weighted by Crippen LogP contribution is 2.44. The van der Waals surface area contributed by atoms with Crippen LogP contribution < -0.4 is 5.32 Å². The maximum atomic E-state index is 13.2. The van der Waals surface area contributed by atoms with Crippen LogP contribution in [-0.4, -0.2) is 39.6 Å². The van der Waals surface area contributed by atoms with Gasteiger partial charge in [0.25, 0.3) is 11.6 Å². The van der Waals surface area contributed by atoms with Crippen molar-refractivity contribution < 1.29 is 19.0 Å². The van der Waals surface area contributed by atoms with Crippen LogP contribution in [0.3, 0.4) is 0 Å². The molecule has 2 aromatic carbocycles. The van der Waals surface area contributed by atoms with E-state index in [-0.39, 0.29) is 30.2 Å². The molecule has 0 spiro atoms. The molecule has 11 nitrogen and oxygen atoms in total. The number of carbonyl (C=O) groups is 1. The van der Waals surface area contributed by atoms with Crippen molar-refractivity contribution in [2.75, 3.05) is 13.7 Å². The average Bonchev–Trinajstić information content (AvgIpc) is 3.36. The van der Waals surface area contributed by atoms with Gasteiger partial charge in [0.05, 0.1) is 35.4 Å². The summed E-state index contributed by atoms with van der Waals surface area (Å²) < 4.78 is 11.0. The minimum absolute atomic E-state index is 0.0399. The second-order valence-electron chi connectivity index (χ2n) is 9.21. The predicted molar refractivity (Wildman–Crippen MR) is 141 cm³/mol. The first kappa shape index (κ1) is 27.2. The van der Waals surface area contributed by atoms with Crippen LogP contribution >= 0.6 is 0 Å². The molecule has 2 heterocycles. The summed E-state index contributed by atoms with van der Waals surface area (Å²) in [7, 11) is 1.95. The normalized spacial score (nSPS) is 15.2. The van der Waals surface area contributed by atoms with Crippen molar-refractivity contribution >= 4 is 17.2 Å². The largest absolute Gasteiger partial charge is 0.461 e. The van der Waals surface area contributed by atoms with Crippen molar-refractivity contribution in [1.82, 2.24) is 20.4 Å². The molecule has 0 radical (unpaired) electrons. The van der Waals surface area contributed by atoms with Gasteiger partial charge < -0.3 is 14.6 Å². The molecule has 1 unspecified atom stereocenters. The number of rotatable bonds is 10. The molecule has 1 aliphatic rings. The van der Waals surface area contributed by atoms with Crippen LogP contribution in [0.4, 0.5) is 5.69 Å². The van der Waals surface area contributed by atoms with Gasteiger partial charge in [-0.2, -0.15) is 10.2 Å². The molecule has 200 valence electrons. The Hall–Kier alpha value is -4.82. The molecule has 0 bridgehead atoms. The van der Waals surface area contributed by atoms with Gasteiger partial charge in [-0.15, -0.1) is 0 Å². The Morgan fingerprint density at radius 2 is 1.95 bits per heavy atom. The van der Waals surface area contributed by atoms with Crippen molar-refractivity contribution in [3.05, 3.63) is 105 Å². The van der Waals surface area contributed by atoms with E-state index in [9.17, 15) is 14.9 Å². The minimum atomic E-state index is -0.781. The summed E-state index contributed by atoms with van der Waals surface area (Å²) in [6.07, 6.45) is 0.0399. The standard InChI is InChI=1S/C28H28N6O5/c1-18-24(27-31-23(32-39-27)17-33(3)16-20-9-5-4-6-10-20)26(21-11-7-12-22(15-21)34(36)37)25(19(2)30-18)28(35)38-14-8-13-29/h4-7,9-12,15,26,30H,8,14,16-17H2,1-3H3. The lowest BCUT2D eigenvalue weighted by atomic mass is 9.80. The zero-order valence-corrected chi connectivity index (χ0v) is 21.9. The van der Waals surface area contributed by atoms with Gasteiger partial charge in [-0.1, -0.05) is 47.6 Å². The van der Waals surface area contributed by atoms with E-state index >= 15 is 0 Å². The Balaban J connectivity index is 1.70. The molecule has 3 aromatic rings. The van der Waals surface area contributed by atoms with E-state index in [1.54, 1.807) is 19.1 Å². The van der Waals surface area contributed by atoms with Crippen LogP contribution in [0, 0.1) is 21.4 Å². The number of nitro benzene ring substituents is 1. The first-order valence-corrected chi connectivity index (χ1v) is 12.3. The number of nitrogens with one attached hydrogen (secondary N) is 1. The molecule has 1 aromatic heterocycles. The zero-order chi connectivity index (χ0) is 27.9. The number of hydrogen-bond donors (Lipinski definition) is 1. The molecular weight excluding hydrogens is 500 g/mol. The SMILES string of the molecule is CC1=C(C(=O)OCCC#N)C(c2cccc([N+](=O)[O-])c2)C(c2nc(CN(C)Cc3ccccc3)no2)=C(C)N1. The van der Waals surface area contributed by atoms with Crippen molar-refractivity contribution in [1.29, 1.82) is 5.26 Å². The van der Waals surface area contributed by atoms with E-state index in [0.717, 1.165) is 5.56 Å². The van der Waals surface area contributed by atoms with Crippen LogP contribution in [0.15, 0.2) is 76.1 Å². The van der Waals surface area contributed by atoms with Crippen LogP contribution in [0.5, 0.6) is 0 Å². The van der Waals surface area contributed by atoms with Crippen LogP contribution in [0.2, 0.25) is 0 Å². The van der Waals surface area contributed by atoms with E-state index < -0.39 is 16.8 Å². The second kappa shape index (κ2) is 12.1. The number of aromatic nitrogens is 2. The van der Waals surface area contributed by atoms with Crippen molar-refractivity contribution in [2.24, 2.45) is 0 Å². The zero-order valence-electron chi connectivity index (χ0n) is 21.9. The minimum Gasteiger partial charge on any atom is -0.461 e. The lowest BCUT2D eigenvalue weighted by Gasteiger charge is -2.29. The van der Waals surface area contributed by atoms with E-state index in [0.29, 0.717) is 41.4 Å². The van der Waals surface area contributed by atoms with E-state index in [4.69, 9.17) is 14.5 Å². The summed E-state index contributed by atoms with van der Waals surface area (Å²) in [5.41, 5.74) is 3.46. The molecule has 1 aliphatic heterocycles. The molecule has 0 amide bonds. The number of dihydropyridines is 1. The molecule has 0 aliphatic carbocycles. The van der Waals surface area contributed by atoms with E-state index in [1.807, 2.05) is 55.3 Å². The van der Waals surface area contributed by atoms with Gasteiger partial charge >= 0.3 is 5.97 Å². The van der Waals surface area contributed by atoms with Gasteiger partial charge in [0.1, 0.15) is 6.61 Å². The van der Waals surface area contributed by atoms with Crippen LogP contribution in [-0.2, 0) is 22.6 Å². The summed E-state index contributed by atoms with van der Waals surface area (Å²) in [5.74, 6) is -0.782. The predicted octanol–water partition coefficient (Wildman–Crippen LogP) is 4.46. The fraction of sp³-hybridized carbons (Fsp3) is 0.286. The highest BCUT2D eigenvalue weighted by molar-refractivity contribution is 5.97. The van der Waals surface area contributed by atoms with Gasteiger partial charge in [0.15, 0.2) is 5.82 Å². The number of esters is 1. The molecule has 4 rings (SSSR count). The number of nitrogens with zero attached hydrogens (tertiary/aromatic N) is 5. The summed E-state index contributed by atoms with van der Waals surface area (Å²) in [6.45, 7) is 4.56. The Kier molecular flexibility index (Phi) is 8.48. The molecule has 1 atom stereocenters. The Morgan fingerprint density at radius 1 is 1.18 bits per heavy atom. The molecule has 0 fully saturated rings. The third-order valence-corrected chi connectivity index (χ3v) is 6.25. The highest BCUT2D eigenvalue weighted by Gasteiger charge is 2.37. The maximum Gasteiger partial charge on any atom is 0.336 e. The number of benzene rings is 2. The number of nitriles is 1. The molecule has 1 N–H and O–H groups in total. The quantitative estimate of drug-likeness (QED) is 0.173. The highest BCUT2D eigenvalue weighted by atomic mass is 16.6. The van der Waals surface area contributed by atoms with Crippen LogP contribution in [0.25, 0.3) is 5.57 Å². The van der Waals surface area contributed by atoms with Gasteiger partial charge in [0, 0.05) is 35.6 Å². The van der Waals surface area contributed by atoms with E-state index in [1.165, 1.54) is 12.1 Å². The number of nitro groups is 1. The van der Waals surface area contributed by atoms with Gasteiger partial charge in [-0.25, -0.2) is 4.79 Å². The first-order chi connectivity index (χ1) is 18.8. The second-order valence-corrected chi connectivity index (χ2v) is 9.21. The lowest BCUT2D eigenvalue weighted by Crippen LogP contribution is -2.29. The first-order valence-electron chi connectivity index (χ1n) is 12.3. The number of allylic oxidation sites excluding steroid dienone is 3. The molecule has 0 saturated heterocycles. The number of hydrogen-bond acceptors (Lipinski definition) is 10.